The molecule has 0 saturated carbocycles. The van der Waals surface area contributed by atoms with Crippen molar-refractivity contribution in [3.8, 4) is 0 Å². The predicted molar refractivity (Wildman–Crippen MR) is 109 cm³/mol. The summed E-state index contributed by atoms with van der Waals surface area (Å²) < 4.78 is 0. The van der Waals surface area contributed by atoms with Crippen molar-refractivity contribution in [1.29, 1.82) is 0 Å². The molecule has 5 heteroatoms. The van der Waals surface area contributed by atoms with Crippen LogP contribution < -0.4 is 16.0 Å². The Hall–Kier alpha value is -3.60. The third-order valence-corrected chi connectivity index (χ3v) is 4.20. The molecule has 0 radical (unpaired) electrons. The first-order valence-corrected chi connectivity index (χ1v) is 8.63. The number of nitrogens with one attached hydrogen (secondary N) is 3. The van der Waals surface area contributed by atoms with E-state index in [0.29, 0.717) is 22.6 Å². The largest absolute Gasteiger partial charge is 0.323 e. The van der Waals surface area contributed by atoms with Crippen molar-refractivity contribution in [3.05, 3.63) is 89.5 Å². The quantitative estimate of drug-likeness (QED) is 0.599. The molecule has 0 spiro atoms. The number of anilines is 3. The molecular formula is C22H21N3O2. The Balaban J connectivity index is 1.59. The first-order valence-electron chi connectivity index (χ1n) is 8.63. The SMILES string of the molecule is Cc1ccc(C(=O)Nc2ccc(NC(=O)Nc3ccccc3)cc2)cc1C. The Kier molecular flexibility index (Phi) is 5.52. The topological polar surface area (TPSA) is 70.2 Å². The number of rotatable bonds is 4. The highest BCUT2D eigenvalue weighted by Crippen LogP contribution is 2.16. The summed E-state index contributed by atoms with van der Waals surface area (Å²) in [6.07, 6.45) is 0. The van der Waals surface area contributed by atoms with Crippen molar-refractivity contribution in [2.75, 3.05) is 16.0 Å². The number of carbonyl (C=O) groups is 2. The normalized spacial score (nSPS) is 10.1. The molecule has 5 nitrogen and oxygen atoms in total. The molecule has 3 rings (SSSR count). The molecule has 0 aromatic heterocycles. The van der Waals surface area contributed by atoms with Crippen LogP contribution in [0.2, 0.25) is 0 Å². The second kappa shape index (κ2) is 8.19. The Morgan fingerprint density at radius 3 is 1.78 bits per heavy atom. The highest BCUT2D eigenvalue weighted by atomic mass is 16.2. The maximum atomic E-state index is 12.4. The number of carbonyl (C=O) groups excluding carboxylic acids is 2. The third-order valence-electron chi connectivity index (χ3n) is 4.20. The van der Waals surface area contributed by atoms with Crippen LogP contribution in [-0.4, -0.2) is 11.9 Å². The van der Waals surface area contributed by atoms with Crippen LogP contribution >= 0.6 is 0 Å². The first kappa shape index (κ1) is 18.2. The maximum Gasteiger partial charge on any atom is 0.323 e. The van der Waals surface area contributed by atoms with Crippen LogP contribution in [-0.2, 0) is 0 Å². The molecule has 0 aliphatic carbocycles. The second-order valence-electron chi connectivity index (χ2n) is 6.28. The van der Waals surface area contributed by atoms with Gasteiger partial charge in [-0.1, -0.05) is 24.3 Å². The fourth-order valence-corrected chi connectivity index (χ4v) is 2.54. The van der Waals surface area contributed by atoms with Gasteiger partial charge in [-0.2, -0.15) is 0 Å². The lowest BCUT2D eigenvalue weighted by atomic mass is 10.1. The molecule has 0 heterocycles. The average Bonchev–Trinajstić information content (AvgIpc) is 2.66. The van der Waals surface area contributed by atoms with Gasteiger partial charge in [-0.25, -0.2) is 4.79 Å². The van der Waals surface area contributed by atoms with Crippen molar-refractivity contribution in [2.45, 2.75) is 13.8 Å². The van der Waals surface area contributed by atoms with E-state index >= 15 is 0 Å². The van der Waals surface area contributed by atoms with E-state index in [0.717, 1.165) is 11.1 Å². The fraction of sp³-hybridized carbons (Fsp3) is 0.0909. The Bertz CT molecular complexity index is 951. The molecule has 0 bridgehead atoms. The van der Waals surface area contributed by atoms with E-state index in [-0.39, 0.29) is 11.9 Å². The maximum absolute atomic E-state index is 12.4. The molecule has 0 fully saturated rings. The Labute approximate surface area is 158 Å². The standard InChI is InChI=1S/C22H21N3O2/c1-15-8-9-17(14-16(15)2)21(26)23-19-10-12-20(13-11-19)25-22(27)24-18-6-4-3-5-7-18/h3-14H,1-2H3,(H,23,26)(H2,24,25,27). The molecule has 0 aliphatic rings. The summed E-state index contributed by atoms with van der Waals surface area (Å²) in [4.78, 5) is 24.3. The highest BCUT2D eigenvalue weighted by molar-refractivity contribution is 6.04. The smallest absolute Gasteiger partial charge is 0.322 e. The van der Waals surface area contributed by atoms with Gasteiger partial charge in [0, 0.05) is 22.6 Å². The van der Waals surface area contributed by atoms with E-state index in [4.69, 9.17) is 0 Å². The Morgan fingerprint density at radius 2 is 1.19 bits per heavy atom. The summed E-state index contributed by atoms with van der Waals surface area (Å²) in [6.45, 7) is 3.99. The highest BCUT2D eigenvalue weighted by Gasteiger charge is 2.08. The van der Waals surface area contributed by atoms with E-state index < -0.39 is 0 Å². The fourth-order valence-electron chi connectivity index (χ4n) is 2.54. The van der Waals surface area contributed by atoms with Crippen LogP contribution in [0.5, 0.6) is 0 Å². The summed E-state index contributed by atoms with van der Waals surface area (Å²) in [5.74, 6) is -0.166. The van der Waals surface area contributed by atoms with Gasteiger partial charge in [-0.3, -0.25) is 4.79 Å². The van der Waals surface area contributed by atoms with Crippen molar-refractivity contribution in [2.24, 2.45) is 0 Å². The molecule has 27 heavy (non-hydrogen) atoms. The van der Waals surface area contributed by atoms with Gasteiger partial charge in [0.15, 0.2) is 0 Å². The number of para-hydroxylation sites is 1. The number of benzene rings is 3. The molecule has 0 saturated heterocycles. The zero-order chi connectivity index (χ0) is 19.2. The number of amides is 3. The lowest BCUT2D eigenvalue weighted by molar-refractivity contribution is 0.102. The number of urea groups is 1. The summed E-state index contributed by atoms with van der Waals surface area (Å²) in [5.41, 5.74) is 4.84. The predicted octanol–water partition coefficient (Wildman–Crippen LogP) is 5.20. The van der Waals surface area contributed by atoms with Gasteiger partial charge in [0.2, 0.25) is 0 Å². The molecule has 0 atom stereocenters. The monoisotopic (exact) mass is 359 g/mol. The van der Waals surface area contributed by atoms with E-state index in [2.05, 4.69) is 16.0 Å². The van der Waals surface area contributed by atoms with Crippen molar-refractivity contribution in [3.63, 3.8) is 0 Å². The first-order chi connectivity index (χ1) is 13.0. The van der Waals surface area contributed by atoms with Gasteiger partial charge < -0.3 is 16.0 Å². The van der Waals surface area contributed by atoms with Gasteiger partial charge in [0.1, 0.15) is 0 Å². The molecular weight excluding hydrogens is 338 g/mol. The van der Waals surface area contributed by atoms with Gasteiger partial charge in [-0.05, 0) is 73.5 Å². The molecule has 0 aliphatic heterocycles. The molecule has 3 N–H and O–H groups in total. The number of hydrogen-bond donors (Lipinski definition) is 3. The second-order valence-corrected chi connectivity index (χ2v) is 6.28. The minimum Gasteiger partial charge on any atom is -0.322 e. The van der Waals surface area contributed by atoms with Gasteiger partial charge in [-0.15, -0.1) is 0 Å². The zero-order valence-corrected chi connectivity index (χ0v) is 15.2. The number of hydrogen-bond acceptors (Lipinski definition) is 2. The van der Waals surface area contributed by atoms with Crippen LogP contribution in [0.1, 0.15) is 21.5 Å². The summed E-state index contributed by atoms with van der Waals surface area (Å²) in [7, 11) is 0. The van der Waals surface area contributed by atoms with Crippen LogP contribution in [0.15, 0.2) is 72.8 Å². The average molecular weight is 359 g/mol. The van der Waals surface area contributed by atoms with Gasteiger partial charge in [0.05, 0.1) is 0 Å². The third kappa shape index (κ3) is 4.95. The molecule has 3 aromatic rings. The van der Waals surface area contributed by atoms with E-state index in [1.54, 1.807) is 24.3 Å². The lowest BCUT2D eigenvalue weighted by Crippen LogP contribution is -2.19. The van der Waals surface area contributed by atoms with Crippen molar-refractivity contribution < 1.29 is 9.59 Å². The van der Waals surface area contributed by atoms with Crippen LogP contribution in [0, 0.1) is 13.8 Å². The van der Waals surface area contributed by atoms with E-state index in [1.165, 1.54) is 0 Å². The minimum atomic E-state index is -0.326. The summed E-state index contributed by atoms with van der Waals surface area (Å²) in [5, 5.41) is 8.36. The van der Waals surface area contributed by atoms with Gasteiger partial charge >= 0.3 is 6.03 Å². The molecule has 0 unspecified atom stereocenters. The molecule has 136 valence electrons. The zero-order valence-electron chi connectivity index (χ0n) is 15.2. The van der Waals surface area contributed by atoms with Crippen LogP contribution in [0.4, 0.5) is 21.9 Å². The minimum absolute atomic E-state index is 0.166. The number of aryl methyl sites for hydroxylation is 2. The van der Waals surface area contributed by atoms with Crippen molar-refractivity contribution >= 4 is 29.0 Å². The molecule has 3 amide bonds. The summed E-state index contributed by atoms with van der Waals surface area (Å²) in [6, 6.07) is 21.5. The van der Waals surface area contributed by atoms with Crippen molar-refractivity contribution in [1.82, 2.24) is 0 Å². The van der Waals surface area contributed by atoms with Gasteiger partial charge in [0.25, 0.3) is 5.91 Å². The summed E-state index contributed by atoms with van der Waals surface area (Å²) >= 11 is 0. The Morgan fingerprint density at radius 1 is 0.630 bits per heavy atom. The van der Waals surface area contributed by atoms with E-state index in [1.807, 2.05) is 62.4 Å². The lowest BCUT2D eigenvalue weighted by Gasteiger charge is -2.10. The van der Waals surface area contributed by atoms with E-state index in [9.17, 15) is 9.59 Å². The van der Waals surface area contributed by atoms with Crippen LogP contribution in [0.25, 0.3) is 0 Å². The van der Waals surface area contributed by atoms with Crippen LogP contribution in [0.3, 0.4) is 0 Å². The molecule has 3 aromatic carbocycles.